The maximum Gasteiger partial charge on any atom is 0.412 e. The molecular formula is C115H121N9O7. The van der Waals surface area contributed by atoms with E-state index in [-0.39, 0.29) is 54.0 Å². The number of nitrogens with two attached hydrogens (primary N) is 3. The molecule has 0 aliphatic heterocycles. The SMILES string of the molecule is CN[C@H](C)c1cccc2ccccc12.COC(=O)N[C@H](C)c1cccc2ccccc12.C[C@@H](N)c1cccc2ccccc12.C[C@@H](N)c1cccc2ccccc12.C[C@@H](NC(=O)c1ccc(N)cc1)c1cccc2ccccc12.C[C@@H](NC(=O)c1ccc(NC(=O)OC(C)(C)C)cc1)c1cccc2ccccc12.Cc1ccccc1C(=O)N(C)[C@H](C)c1cccc2ccccc12. The summed E-state index contributed by atoms with van der Waals surface area (Å²) in [5.41, 5.74) is 29.2. The summed E-state index contributed by atoms with van der Waals surface area (Å²) >= 11 is 0. The van der Waals surface area contributed by atoms with Crippen molar-refractivity contribution in [1.29, 1.82) is 0 Å². The minimum atomic E-state index is -0.568. The molecule has 0 saturated heterocycles. The van der Waals surface area contributed by atoms with Crippen LogP contribution in [0, 0.1) is 6.92 Å². The lowest BCUT2D eigenvalue weighted by Crippen LogP contribution is -2.30. The van der Waals surface area contributed by atoms with Crippen LogP contribution >= 0.6 is 0 Å². The van der Waals surface area contributed by atoms with Crippen molar-refractivity contribution in [3.63, 3.8) is 0 Å². The summed E-state index contributed by atoms with van der Waals surface area (Å²) in [4.78, 5) is 62.7. The Morgan fingerprint density at radius 1 is 0.328 bits per heavy atom. The Kier molecular flexibility index (Phi) is 34.6. The van der Waals surface area contributed by atoms with Gasteiger partial charge in [-0.2, -0.15) is 0 Å². The van der Waals surface area contributed by atoms with Gasteiger partial charge < -0.3 is 52.8 Å². The Balaban J connectivity index is 0.000000150. The number of carbonyl (C=O) groups is 5. The largest absolute Gasteiger partial charge is 0.453 e. The Morgan fingerprint density at radius 3 is 0.924 bits per heavy atom. The van der Waals surface area contributed by atoms with Crippen LogP contribution in [0.4, 0.5) is 21.0 Å². The number of nitrogen functional groups attached to an aromatic ring is 1. The molecule has 131 heavy (non-hydrogen) atoms. The molecule has 0 aromatic heterocycles. The first-order valence-electron chi connectivity index (χ1n) is 44.4. The van der Waals surface area contributed by atoms with Gasteiger partial charge in [-0.15, -0.1) is 0 Å². The first-order chi connectivity index (χ1) is 63.1. The van der Waals surface area contributed by atoms with Crippen molar-refractivity contribution in [2.75, 3.05) is 32.3 Å². The fraction of sp³-hybridized carbons (Fsp3) is 0.191. The number of hydrogen-bond acceptors (Lipinski definition) is 11. The molecule has 0 saturated carbocycles. The van der Waals surface area contributed by atoms with E-state index in [2.05, 4.69) is 239 Å². The van der Waals surface area contributed by atoms with Gasteiger partial charge >= 0.3 is 12.2 Å². The summed E-state index contributed by atoms with van der Waals surface area (Å²) in [6, 6.07) is 123. The normalized spacial score (nSPS) is 12.4. The van der Waals surface area contributed by atoms with E-state index >= 15 is 0 Å². The number of benzene rings is 17. The molecule has 668 valence electrons. The average molecular weight is 1740 g/mol. The van der Waals surface area contributed by atoms with E-state index in [1.807, 2.05) is 188 Å². The van der Waals surface area contributed by atoms with Crippen LogP contribution in [0.3, 0.4) is 0 Å². The van der Waals surface area contributed by atoms with Gasteiger partial charge in [0.15, 0.2) is 0 Å². The molecule has 0 fully saturated rings. The average Bonchev–Trinajstić information content (AvgIpc) is 0.810. The van der Waals surface area contributed by atoms with E-state index in [0.717, 1.165) is 49.4 Å². The smallest absolute Gasteiger partial charge is 0.412 e. The molecule has 7 atom stereocenters. The summed E-state index contributed by atoms with van der Waals surface area (Å²) in [5.74, 6) is -0.210. The molecule has 0 aliphatic rings. The van der Waals surface area contributed by atoms with Crippen molar-refractivity contribution in [1.82, 2.24) is 26.2 Å². The van der Waals surface area contributed by atoms with Gasteiger partial charge in [-0.1, -0.05) is 315 Å². The molecule has 17 rings (SSSR count). The van der Waals surface area contributed by atoms with E-state index in [4.69, 9.17) is 21.9 Å². The van der Waals surface area contributed by atoms with Crippen molar-refractivity contribution in [3.8, 4) is 0 Å². The quantitative estimate of drug-likeness (QED) is 0.0423. The van der Waals surface area contributed by atoms with E-state index < -0.39 is 17.8 Å². The molecule has 0 unspecified atom stereocenters. The maximum absolute atomic E-state index is 12.8. The number of rotatable bonds is 16. The highest BCUT2D eigenvalue weighted by Crippen LogP contribution is 2.33. The molecule has 16 nitrogen and oxygen atoms in total. The number of carbonyl (C=O) groups excluding carboxylic acids is 5. The summed E-state index contributed by atoms with van der Waals surface area (Å²) in [6.45, 7) is 21.6. The lowest BCUT2D eigenvalue weighted by molar-refractivity contribution is 0.0634. The highest BCUT2D eigenvalue weighted by atomic mass is 16.6. The fourth-order valence-corrected chi connectivity index (χ4v) is 15.8. The standard InChI is InChI=1S/C24H26N2O3.C21H21NO.C19H18N2O.C14H15NO2.C13H15N.2C12H13N/c1-16(20-11-7-9-17-8-5-6-10-21(17)20)25-22(27)18-12-14-19(15-13-18)26-23(28)29-24(2,3)4;1-15-9-4-6-12-18(15)21(23)22(3)16(2)19-14-8-11-17-10-5-7-13-20(17)19;1-13(21-19(22)15-9-11-16(20)12-10-15)17-8-4-6-14-5-2-3-7-18(14)17;1-10(15-14(16)17-2)12-9-5-7-11-6-3-4-8-13(11)12;1-10(14-2)12-9-5-7-11-6-3-4-8-13(11)12;2*1-9(13)11-8-4-6-10-5-2-3-7-12(10)11/h5-16H,1-4H3,(H,25,27)(H,26,28);4-14,16H,1-3H3;2-13H,20H2,1H3,(H,21,22);3-10H,1-2H3,(H,15,16);3-10,14H,1-2H3;2*2-9H,13H2,1H3/t2*16-;13-;2*10-;2*9-/m1111111/s1. The van der Waals surface area contributed by atoms with Crippen molar-refractivity contribution < 1.29 is 33.4 Å². The summed E-state index contributed by atoms with van der Waals surface area (Å²) in [6.07, 6.45) is -0.940. The summed E-state index contributed by atoms with van der Waals surface area (Å²) < 4.78 is 9.83. The predicted molar refractivity (Wildman–Crippen MR) is 545 cm³/mol. The topological polar surface area (TPSA) is 245 Å². The van der Waals surface area contributed by atoms with Gasteiger partial charge in [-0.25, -0.2) is 9.59 Å². The van der Waals surface area contributed by atoms with Crippen LogP contribution in [0.2, 0.25) is 0 Å². The molecule has 0 bridgehead atoms. The first kappa shape index (κ1) is 96.8. The Labute approximate surface area is 770 Å². The van der Waals surface area contributed by atoms with Crippen molar-refractivity contribution in [2.45, 2.75) is 124 Å². The molecule has 0 radical (unpaired) electrons. The van der Waals surface area contributed by atoms with Gasteiger partial charge in [-0.3, -0.25) is 19.7 Å². The lowest BCUT2D eigenvalue weighted by Gasteiger charge is -2.27. The number of ether oxygens (including phenoxy) is 2. The summed E-state index contributed by atoms with van der Waals surface area (Å²) in [7, 11) is 5.23. The molecule has 0 spiro atoms. The molecular weight excluding hydrogens is 1620 g/mol. The second-order valence-corrected chi connectivity index (χ2v) is 33.5. The van der Waals surface area contributed by atoms with Gasteiger partial charge in [0, 0.05) is 53.2 Å². The van der Waals surface area contributed by atoms with Crippen molar-refractivity contribution in [3.05, 3.63) is 431 Å². The number of aryl methyl sites for hydroxylation is 1. The monoisotopic (exact) mass is 1740 g/mol. The third-order valence-electron chi connectivity index (χ3n) is 23.0. The van der Waals surface area contributed by atoms with Crippen LogP contribution in [0.1, 0.15) is 187 Å². The molecule has 17 aromatic rings. The zero-order valence-corrected chi connectivity index (χ0v) is 77.3. The molecule has 0 heterocycles. The van der Waals surface area contributed by atoms with Crippen LogP contribution in [-0.2, 0) is 9.47 Å². The highest BCUT2D eigenvalue weighted by Gasteiger charge is 2.24. The number of methoxy groups -OCH3 is 1. The van der Waals surface area contributed by atoms with Gasteiger partial charge in [0.2, 0.25) is 0 Å². The third-order valence-corrected chi connectivity index (χ3v) is 23.0. The molecule has 5 amide bonds. The minimum Gasteiger partial charge on any atom is -0.453 e. The fourth-order valence-electron chi connectivity index (χ4n) is 15.8. The highest BCUT2D eigenvalue weighted by molar-refractivity contribution is 5.99. The zero-order chi connectivity index (χ0) is 93.7. The number of nitrogens with one attached hydrogen (secondary N) is 5. The van der Waals surface area contributed by atoms with Gasteiger partial charge in [0.1, 0.15) is 5.60 Å². The number of hydrogen-bond donors (Lipinski definition) is 8. The Bertz CT molecular complexity index is 6590. The zero-order valence-electron chi connectivity index (χ0n) is 77.3. The first-order valence-corrected chi connectivity index (χ1v) is 44.4. The molecule has 11 N–H and O–H groups in total. The Morgan fingerprint density at radius 2 is 0.603 bits per heavy atom. The number of fused-ring (bicyclic) bond motifs is 7. The summed E-state index contributed by atoms with van der Waals surface area (Å²) in [5, 5.41) is 31.8. The van der Waals surface area contributed by atoms with E-state index in [9.17, 15) is 24.0 Å². The third kappa shape index (κ3) is 26.5. The van der Waals surface area contributed by atoms with Crippen LogP contribution in [0.25, 0.3) is 75.4 Å². The number of anilines is 2. The Hall–Kier alpha value is -14.8. The van der Waals surface area contributed by atoms with E-state index in [1.54, 1.807) is 69.3 Å². The number of amides is 5. The van der Waals surface area contributed by atoms with Crippen molar-refractivity contribution >= 4 is 117 Å². The van der Waals surface area contributed by atoms with Gasteiger partial charge in [0.05, 0.1) is 31.3 Å². The predicted octanol–water partition coefficient (Wildman–Crippen LogP) is 26.7. The van der Waals surface area contributed by atoms with Crippen LogP contribution in [0.5, 0.6) is 0 Å². The maximum atomic E-state index is 12.8. The second kappa shape index (κ2) is 46.8. The second-order valence-electron chi connectivity index (χ2n) is 33.5. The van der Waals surface area contributed by atoms with Gasteiger partial charge in [-0.05, 0) is 258 Å². The number of nitrogens with zero attached hydrogens (tertiary/aromatic N) is 1. The molecule has 17 aromatic carbocycles. The molecule has 16 heteroatoms. The van der Waals surface area contributed by atoms with Crippen LogP contribution in [-0.4, -0.2) is 61.6 Å². The van der Waals surface area contributed by atoms with Crippen LogP contribution < -0.4 is 43.8 Å². The minimum absolute atomic E-state index is 0.00760. The van der Waals surface area contributed by atoms with Crippen molar-refractivity contribution in [2.24, 2.45) is 11.5 Å². The lowest BCUT2D eigenvalue weighted by atomic mass is 9.98. The molecule has 0 aliphatic carbocycles. The van der Waals surface area contributed by atoms with E-state index in [1.165, 1.54) is 83.2 Å². The van der Waals surface area contributed by atoms with E-state index in [0.29, 0.717) is 28.5 Å². The van der Waals surface area contributed by atoms with Crippen LogP contribution in [0.15, 0.2) is 370 Å². The van der Waals surface area contributed by atoms with Gasteiger partial charge in [0.25, 0.3) is 17.7 Å². The number of alkyl carbamates (subject to hydrolysis) is 1.